The Bertz CT molecular complexity index is 750. The minimum atomic E-state index is 0.877. The molecule has 23 heavy (non-hydrogen) atoms. The van der Waals surface area contributed by atoms with Gasteiger partial charge in [0.15, 0.2) is 0 Å². The summed E-state index contributed by atoms with van der Waals surface area (Å²) in [7, 11) is 0. The van der Waals surface area contributed by atoms with Gasteiger partial charge < -0.3 is 0 Å². The third-order valence-electron chi connectivity index (χ3n) is 6.31. The zero-order chi connectivity index (χ0) is 15.2. The third-order valence-corrected chi connectivity index (χ3v) is 7.21. The van der Waals surface area contributed by atoms with Crippen molar-refractivity contribution in [3.05, 3.63) is 40.8 Å². The summed E-state index contributed by atoms with van der Waals surface area (Å²) in [4.78, 5) is 2.71. The Morgan fingerprint density at radius 2 is 2.00 bits per heavy atom. The van der Waals surface area contributed by atoms with Crippen molar-refractivity contribution in [1.29, 1.82) is 0 Å². The van der Waals surface area contributed by atoms with Gasteiger partial charge in [0, 0.05) is 11.2 Å². The van der Waals surface area contributed by atoms with Crippen LogP contribution in [-0.4, -0.2) is 24.5 Å². The van der Waals surface area contributed by atoms with E-state index in [-0.39, 0.29) is 0 Å². The Hall–Kier alpha value is -1.12. The Labute approximate surface area is 143 Å². The van der Waals surface area contributed by atoms with Gasteiger partial charge >= 0.3 is 0 Å². The third kappa shape index (κ3) is 2.56. The molecule has 2 unspecified atom stereocenters. The lowest BCUT2D eigenvalue weighted by atomic mass is 9.79. The smallest absolute Gasteiger partial charge is 0.0343 e. The van der Waals surface area contributed by atoms with E-state index in [1.165, 1.54) is 73.8 Å². The highest BCUT2D eigenvalue weighted by Gasteiger charge is 2.35. The SMILES string of the molecule is c1cc2cc(C3=C(CN4CCCC4)C4CCC(C3)C4)ccc2s1. The number of hydrogen-bond acceptors (Lipinski definition) is 2. The van der Waals surface area contributed by atoms with Crippen molar-refractivity contribution in [3.8, 4) is 0 Å². The van der Waals surface area contributed by atoms with Crippen LogP contribution in [0, 0.1) is 11.8 Å². The van der Waals surface area contributed by atoms with Crippen LogP contribution in [0.2, 0.25) is 0 Å². The van der Waals surface area contributed by atoms with Crippen LogP contribution >= 0.6 is 11.3 Å². The van der Waals surface area contributed by atoms with E-state index in [2.05, 4.69) is 34.5 Å². The van der Waals surface area contributed by atoms with E-state index >= 15 is 0 Å². The van der Waals surface area contributed by atoms with E-state index in [4.69, 9.17) is 0 Å². The Balaban J connectivity index is 1.56. The van der Waals surface area contributed by atoms with Crippen LogP contribution in [0.4, 0.5) is 0 Å². The number of fused-ring (bicyclic) bond motifs is 3. The maximum Gasteiger partial charge on any atom is 0.0343 e. The van der Waals surface area contributed by atoms with Crippen LogP contribution in [0.5, 0.6) is 0 Å². The van der Waals surface area contributed by atoms with E-state index in [1.54, 1.807) is 11.1 Å². The predicted octanol–water partition coefficient (Wildman–Crippen LogP) is 5.57. The fraction of sp³-hybridized carbons (Fsp3) is 0.524. The molecule has 0 amide bonds. The number of benzene rings is 1. The quantitative estimate of drug-likeness (QED) is 0.713. The minimum Gasteiger partial charge on any atom is -0.299 e. The van der Waals surface area contributed by atoms with Crippen molar-refractivity contribution in [2.24, 2.45) is 11.8 Å². The first-order chi connectivity index (χ1) is 11.4. The van der Waals surface area contributed by atoms with Crippen LogP contribution < -0.4 is 0 Å². The molecular formula is C21H25NS. The molecule has 5 rings (SSSR count). The van der Waals surface area contributed by atoms with Crippen LogP contribution in [0.25, 0.3) is 15.7 Å². The average molecular weight is 324 g/mol. The molecule has 2 atom stereocenters. The molecule has 0 spiro atoms. The highest BCUT2D eigenvalue weighted by molar-refractivity contribution is 7.17. The molecule has 1 aromatic heterocycles. The number of likely N-dealkylation sites (tertiary alicyclic amines) is 1. The van der Waals surface area contributed by atoms with Crippen LogP contribution in [-0.2, 0) is 0 Å². The van der Waals surface area contributed by atoms with Crippen molar-refractivity contribution in [3.63, 3.8) is 0 Å². The van der Waals surface area contributed by atoms with Gasteiger partial charge in [0.25, 0.3) is 0 Å². The van der Waals surface area contributed by atoms with Gasteiger partial charge in [0.1, 0.15) is 0 Å². The molecular weight excluding hydrogens is 298 g/mol. The van der Waals surface area contributed by atoms with E-state index in [9.17, 15) is 0 Å². The Kier molecular flexibility index (Phi) is 3.56. The predicted molar refractivity (Wildman–Crippen MR) is 99.9 cm³/mol. The molecule has 2 fully saturated rings. The maximum atomic E-state index is 2.71. The molecule has 2 bridgehead atoms. The Morgan fingerprint density at radius 1 is 1.09 bits per heavy atom. The zero-order valence-corrected chi connectivity index (χ0v) is 14.6. The highest BCUT2D eigenvalue weighted by atomic mass is 32.1. The number of hydrogen-bond donors (Lipinski definition) is 0. The van der Waals surface area contributed by atoms with Gasteiger partial charge in [0.05, 0.1) is 0 Å². The minimum absolute atomic E-state index is 0.877. The molecule has 2 aromatic rings. The van der Waals surface area contributed by atoms with E-state index in [0.717, 1.165) is 11.8 Å². The highest BCUT2D eigenvalue weighted by Crippen LogP contribution is 2.48. The monoisotopic (exact) mass is 323 g/mol. The normalized spacial score (nSPS) is 28.2. The fourth-order valence-corrected chi connectivity index (χ4v) is 5.88. The summed E-state index contributed by atoms with van der Waals surface area (Å²) >= 11 is 1.86. The van der Waals surface area contributed by atoms with Crippen LogP contribution in [0.3, 0.4) is 0 Å². The van der Waals surface area contributed by atoms with E-state index in [0.29, 0.717) is 0 Å². The first-order valence-corrected chi connectivity index (χ1v) is 10.2. The number of thiophene rings is 1. The lowest BCUT2D eigenvalue weighted by Crippen LogP contribution is -2.26. The summed E-state index contributed by atoms with van der Waals surface area (Å²) in [6.45, 7) is 3.88. The van der Waals surface area contributed by atoms with Crippen LogP contribution in [0.1, 0.15) is 44.1 Å². The number of nitrogens with zero attached hydrogens (tertiary/aromatic N) is 1. The summed E-state index contributed by atoms with van der Waals surface area (Å²) < 4.78 is 1.43. The summed E-state index contributed by atoms with van der Waals surface area (Å²) in [5.41, 5.74) is 5.03. The molecule has 0 N–H and O–H groups in total. The van der Waals surface area contributed by atoms with E-state index in [1.807, 2.05) is 11.3 Å². The van der Waals surface area contributed by atoms with Gasteiger partial charge in [-0.3, -0.25) is 4.90 Å². The largest absolute Gasteiger partial charge is 0.299 e. The number of allylic oxidation sites excluding steroid dienone is 1. The van der Waals surface area contributed by atoms with Gasteiger partial charge in [-0.15, -0.1) is 11.3 Å². The van der Waals surface area contributed by atoms with Crippen molar-refractivity contribution in [1.82, 2.24) is 4.90 Å². The maximum absolute atomic E-state index is 2.71. The van der Waals surface area contributed by atoms with E-state index < -0.39 is 0 Å². The summed E-state index contributed by atoms with van der Waals surface area (Å²) in [6.07, 6.45) is 8.49. The van der Waals surface area contributed by atoms with Gasteiger partial charge in [-0.2, -0.15) is 0 Å². The molecule has 2 heteroatoms. The zero-order valence-electron chi connectivity index (χ0n) is 13.8. The first kappa shape index (κ1) is 14.2. The first-order valence-electron chi connectivity index (χ1n) is 9.29. The molecule has 2 aliphatic carbocycles. The standard InChI is InChI=1S/C21H25NS/c1-2-9-22(8-1)14-20-16-4-3-15(11-16)12-19(20)17-5-6-21-18(13-17)7-10-23-21/h5-7,10,13,15-16H,1-4,8-9,11-12,14H2. The van der Waals surface area contributed by atoms with Gasteiger partial charge in [-0.25, -0.2) is 0 Å². The summed E-state index contributed by atoms with van der Waals surface area (Å²) in [6, 6.07) is 9.47. The van der Waals surface area contributed by atoms with Crippen LogP contribution in [0.15, 0.2) is 35.2 Å². The van der Waals surface area contributed by atoms with Gasteiger partial charge in [0.2, 0.25) is 0 Å². The summed E-state index contributed by atoms with van der Waals surface area (Å²) in [5.74, 6) is 1.83. The second kappa shape index (κ2) is 5.75. The second-order valence-electron chi connectivity index (χ2n) is 7.74. The van der Waals surface area contributed by atoms with Gasteiger partial charge in [-0.1, -0.05) is 6.07 Å². The molecule has 1 aliphatic heterocycles. The topological polar surface area (TPSA) is 3.24 Å². The molecule has 3 aliphatic rings. The van der Waals surface area contributed by atoms with Crippen molar-refractivity contribution in [2.45, 2.75) is 38.5 Å². The fourth-order valence-electron chi connectivity index (χ4n) is 5.11. The molecule has 2 heterocycles. The van der Waals surface area contributed by atoms with Gasteiger partial charge in [-0.05, 0) is 109 Å². The second-order valence-corrected chi connectivity index (χ2v) is 8.69. The average Bonchev–Trinajstić information content (AvgIpc) is 3.30. The lowest BCUT2D eigenvalue weighted by molar-refractivity contribution is 0.348. The molecule has 1 saturated carbocycles. The lowest BCUT2D eigenvalue weighted by Gasteiger charge is -2.30. The number of rotatable bonds is 3. The molecule has 1 saturated heterocycles. The Morgan fingerprint density at radius 3 is 2.91 bits per heavy atom. The van der Waals surface area contributed by atoms with Crippen molar-refractivity contribution in [2.75, 3.05) is 19.6 Å². The molecule has 120 valence electrons. The summed E-state index contributed by atoms with van der Waals surface area (Å²) in [5, 5.41) is 3.65. The molecule has 1 nitrogen and oxygen atoms in total. The van der Waals surface area contributed by atoms with Crippen molar-refractivity contribution >= 4 is 27.0 Å². The molecule has 1 aromatic carbocycles. The van der Waals surface area contributed by atoms with Crippen molar-refractivity contribution < 1.29 is 0 Å². The molecule has 0 radical (unpaired) electrons.